The summed E-state index contributed by atoms with van der Waals surface area (Å²) in [6.45, 7) is 0. The second kappa shape index (κ2) is 5.50. The minimum absolute atomic E-state index is 0.179. The van der Waals surface area contributed by atoms with Gasteiger partial charge < -0.3 is 14.8 Å². The van der Waals surface area contributed by atoms with Gasteiger partial charge in [0, 0.05) is 10.7 Å². The highest BCUT2D eigenvalue weighted by atomic mass is 35.5. The van der Waals surface area contributed by atoms with Crippen LogP contribution < -0.4 is 14.8 Å². The third kappa shape index (κ3) is 2.98. The average molecular weight is 267 g/mol. The van der Waals surface area contributed by atoms with Crippen LogP contribution in [0, 0.1) is 0 Å². The largest absolute Gasteiger partial charge is 0.467 e. The van der Waals surface area contributed by atoms with Gasteiger partial charge in [0.05, 0.1) is 14.2 Å². The van der Waals surface area contributed by atoms with Gasteiger partial charge in [-0.25, -0.2) is 0 Å². The maximum Gasteiger partial charge on any atom is 0.324 e. The van der Waals surface area contributed by atoms with Gasteiger partial charge in [-0.05, 0) is 24.3 Å². The Hall–Kier alpha value is -2.08. The summed E-state index contributed by atoms with van der Waals surface area (Å²) in [7, 11) is 2.95. The van der Waals surface area contributed by atoms with E-state index in [2.05, 4.69) is 20.3 Å². The van der Waals surface area contributed by atoms with Gasteiger partial charge in [-0.3, -0.25) is 0 Å². The van der Waals surface area contributed by atoms with Crippen molar-refractivity contribution in [2.45, 2.75) is 0 Å². The molecule has 0 atom stereocenters. The molecule has 0 saturated carbocycles. The second-order valence-corrected chi connectivity index (χ2v) is 3.70. The van der Waals surface area contributed by atoms with E-state index >= 15 is 0 Å². The lowest BCUT2D eigenvalue weighted by atomic mass is 10.3. The van der Waals surface area contributed by atoms with Crippen LogP contribution in [0.25, 0.3) is 0 Å². The lowest BCUT2D eigenvalue weighted by Crippen LogP contribution is -2.03. The Morgan fingerprint density at radius 3 is 2.00 bits per heavy atom. The van der Waals surface area contributed by atoms with E-state index in [4.69, 9.17) is 21.1 Å². The molecule has 94 valence electrons. The fourth-order valence-corrected chi connectivity index (χ4v) is 1.36. The van der Waals surface area contributed by atoms with Gasteiger partial charge in [0.1, 0.15) is 0 Å². The normalized spacial score (nSPS) is 9.94. The van der Waals surface area contributed by atoms with E-state index in [0.717, 1.165) is 5.69 Å². The number of aromatic nitrogens is 3. The first-order valence-corrected chi connectivity index (χ1v) is 5.45. The molecule has 0 amide bonds. The van der Waals surface area contributed by atoms with E-state index < -0.39 is 0 Å². The minimum Gasteiger partial charge on any atom is -0.467 e. The summed E-state index contributed by atoms with van der Waals surface area (Å²) in [5.74, 6) is 0.334. The molecule has 7 heteroatoms. The number of rotatable bonds is 4. The number of benzene rings is 1. The summed E-state index contributed by atoms with van der Waals surface area (Å²) in [5.41, 5.74) is 0.801. The zero-order valence-corrected chi connectivity index (χ0v) is 10.6. The molecule has 0 radical (unpaired) electrons. The van der Waals surface area contributed by atoms with Crippen molar-refractivity contribution in [3.05, 3.63) is 29.3 Å². The van der Waals surface area contributed by atoms with E-state index in [0.29, 0.717) is 11.0 Å². The Balaban J connectivity index is 2.25. The van der Waals surface area contributed by atoms with Crippen molar-refractivity contribution in [1.82, 2.24) is 15.0 Å². The fraction of sp³-hybridized carbons (Fsp3) is 0.182. The van der Waals surface area contributed by atoms with E-state index in [1.807, 2.05) is 12.1 Å². The highest BCUT2D eigenvalue weighted by Gasteiger charge is 2.07. The molecule has 0 bridgehead atoms. The fourth-order valence-electron chi connectivity index (χ4n) is 1.24. The van der Waals surface area contributed by atoms with Crippen molar-refractivity contribution in [2.75, 3.05) is 19.5 Å². The molecule has 0 aliphatic rings. The highest BCUT2D eigenvalue weighted by Crippen LogP contribution is 2.19. The Kier molecular flexibility index (Phi) is 3.78. The predicted octanol–water partition coefficient (Wildman–Crippen LogP) is 2.29. The molecular formula is C11H11ClN4O2. The van der Waals surface area contributed by atoms with Crippen LogP contribution in [-0.4, -0.2) is 29.2 Å². The number of halogens is 1. The van der Waals surface area contributed by atoms with Gasteiger partial charge >= 0.3 is 12.0 Å². The SMILES string of the molecule is COc1nc(Nc2ccc(Cl)cc2)nc(OC)n1. The van der Waals surface area contributed by atoms with E-state index in [1.54, 1.807) is 12.1 Å². The van der Waals surface area contributed by atoms with Crippen LogP contribution in [0.15, 0.2) is 24.3 Å². The van der Waals surface area contributed by atoms with Crippen LogP contribution in [0.3, 0.4) is 0 Å². The molecule has 0 aliphatic carbocycles. The Labute approximate surface area is 109 Å². The Morgan fingerprint density at radius 2 is 1.50 bits per heavy atom. The smallest absolute Gasteiger partial charge is 0.324 e. The van der Waals surface area contributed by atoms with E-state index in [-0.39, 0.29) is 12.0 Å². The molecule has 0 saturated heterocycles. The van der Waals surface area contributed by atoms with Gasteiger partial charge in [0.2, 0.25) is 5.95 Å². The van der Waals surface area contributed by atoms with Crippen molar-refractivity contribution in [1.29, 1.82) is 0 Å². The van der Waals surface area contributed by atoms with Crippen LogP contribution in [0.2, 0.25) is 5.02 Å². The van der Waals surface area contributed by atoms with E-state index in [9.17, 15) is 0 Å². The molecule has 2 rings (SSSR count). The summed E-state index contributed by atoms with van der Waals surface area (Å²) in [6.07, 6.45) is 0. The molecule has 1 N–H and O–H groups in total. The molecule has 0 unspecified atom stereocenters. The molecule has 6 nitrogen and oxygen atoms in total. The van der Waals surface area contributed by atoms with Gasteiger partial charge in [0.15, 0.2) is 0 Å². The third-order valence-corrected chi connectivity index (χ3v) is 2.31. The van der Waals surface area contributed by atoms with Crippen LogP contribution in [0.1, 0.15) is 0 Å². The number of ether oxygens (including phenoxy) is 2. The van der Waals surface area contributed by atoms with Gasteiger partial charge in [-0.1, -0.05) is 11.6 Å². The molecule has 2 aromatic rings. The predicted molar refractivity (Wildman–Crippen MR) is 67.7 cm³/mol. The topological polar surface area (TPSA) is 69.2 Å². The first-order chi connectivity index (χ1) is 8.71. The second-order valence-electron chi connectivity index (χ2n) is 3.26. The number of hydrogen-bond donors (Lipinski definition) is 1. The van der Waals surface area contributed by atoms with E-state index in [1.165, 1.54) is 14.2 Å². The quantitative estimate of drug-likeness (QED) is 0.916. The molecule has 1 aromatic heterocycles. The van der Waals surface area contributed by atoms with Crippen LogP contribution >= 0.6 is 11.6 Å². The first-order valence-electron chi connectivity index (χ1n) is 5.08. The highest BCUT2D eigenvalue weighted by molar-refractivity contribution is 6.30. The summed E-state index contributed by atoms with van der Waals surface area (Å²) < 4.78 is 9.90. The van der Waals surface area contributed by atoms with Crippen LogP contribution in [0.5, 0.6) is 12.0 Å². The molecular weight excluding hydrogens is 256 g/mol. The van der Waals surface area contributed by atoms with Crippen molar-refractivity contribution < 1.29 is 9.47 Å². The summed E-state index contributed by atoms with van der Waals surface area (Å²) in [5, 5.41) is 3.66. The monoisotopic (exact) mass is 266 g/mol. The molecule has 0 aliphatic heterocycles. The lowest BCUT2D eigenvalue weighted by Gasteiger charge is -2.07. The van der Waals surface area contributed by atoms with Crippen LogP contribution in [-0.2, 0) is 0 Å². The molecule has 1 aromatic carbocycles. The van der Waals surface area contributed by atoms with Crippen molar-refractivity contribution >= 4 is 23.2 Å². The number of methoxy groups -OCH3 is 2. The summed E-state index contributed by atoms with van der Waals surface area (Å²) in [6, 6.07) is 7.51. The average Bonchev–Trinajstić information content (AvgIpc) is 2.41. The maximum absolute atomic E-state index is 5.80. The van der Waals surface area contributed by atoms with Gasteiger partial charge in [-0.2, -0.15) is 9.97 Å². The third-order valence-electron chi connectivity index (χ3n) is 2.06. The number of nitrogens with zero attached hydrogens (tertiary/aromatic N) is 3. The standard InChI is InChI=1S/C11H11ClN4O2/c1-17-10-14-9(15-11(16-10)18-2)13-8-5-3-7(12)4-6-8/h3-6H,1-2H3,(H,13,14,15,16). The Morgan fingerprint density at radius 1 is 0.944 bits per heavy atom. The van der Waals surface area contributed by atoms with Gasteiger partial charge in [-0.15, -0.1) is 4.98 Å². The summed E-state index contributed by atoms with van der Waals surface area (Å²) >= 11 is 5.80. The number of hydrogen-bond acceptors (Lipinski definition) is 6. The molecule has 18 heavy (non-hydrogen) atoms. The summed E-state index contributed by atoms with van der Waals surface area (Å²) in [4.78, 5) is 12.0. The molecule has 0 fully saturated rings. The van der Waals surface area contributed by atoms with Crippen molar-refractivity contribution in [3.8, 4) is 12.0 Å². The zero-order valence-electron chi connectivity index (χ0n) is 9.85. The number of nitrogens with one attached hydrogen (secondary N) is 1. The Bertz CT molecular complexity index is 511. The first kappa shape index (κ1) is 12.4. The molecule has 1 heterocycles. The van der Waals surface area contributed by atoms with Gasteiger partial charge in [0.25, 0.3) is 0 Å². The van der Waals surface area contributed by atoms with Crippen molar-refractivity contribution in [2.24, 2.45) is 0 Å². The zero-order chi connectivity index (χ0) is 13.0. The van der Waals surface area contributed by atoms with Crippen LogP contribution in [0.4, 0.5) is 11.6 Å². The molecule has 0 spiro atoms. The van der Waals surface area contributed by atoms with Crippen molar-refractivity contribution in [3.63, 3.8) is 0 Å². The minimum atomic E-state index is 0.179. The maximum atomic E-state index is 5.80. The lowest BCUT2D eigenvalue weighted by molar-refractivity contribution is 0.341. The number of anilines is 2.